The van der Waals surface area contributed by atoms with Gasteiger partial charge in [0.25, 0.3) is 0 Å². The number of nitrogens with one attached hydrogen (secondary N) is 1. The van der Waals surface area contributed by atoms with E-state index in [1.165, 1.54) is 16.7 Å². The van der Waals surface area contributed by atoms with E-state index in [4.69, 9.17) is 4.74 Å². The van der Waals surface area contributed by atoms with Crippen molar-refractivity contribution in [3.8, 4) is 5.75 Å². The number of benzene rings is 2. The minimum Gasteiger partial charge on any atom is -0.497 e. The third-order valence-corrected chi connectivity index (χ3v) is 4.19. The van der Waals surface area contributed by atoms with Crippen LogP contribution in [0.4, 0.5) is 0 Å². The number of carbonyl (C=O) groups excluding carboxylic acids is 1. The van der Waals surface area contributed by atoms with Gasteiger partial charge in [-0.2, -0.15) is 0 Å². The van der Waals surface area contributed by atoms with Gasteiger partial charge in [0.15, 0.2) is 0 Å². The molecule has 0 heterocycles. The zero-order valence-electron chi connectivity index (χ0n) is 15.4. The first-order chi connectivity index (χ1) is 12.1. The third-order valence-electron chi connectivity index (χ3n) is 4.19. The van der Waals surface area contributed by atoms with Gasteiger partial charge in [-0.05, 0) is 48.7 Å². The van der Waals surface area contributed by atoms with Crippen molar-refractivity contribution >= 4 is 5.91 Å². The fraction of sp³-hybridized carbons (Fsp3) is 0.381. The van der Waals surface area contributed by atoms with Gasteiger partial charge < -0.3 is 10.1 Å². The first kappa shape index (κ1) is 19.0. The van der Waals surface area contributed by atoms with Gasteiger partial charge in [0.1, 0.15) is 5.75 Å². The summed E-state index contributed by atoms with van der Waals surface area (Å²) in [5.41, 5.74) is 3.75. The molecule has 4 nitrogen and oxygen atoms in total. The maximum absolute atomic E-state index is 12.1. The van der Waals surface area contributed by atoms with Crippen LogP contribution in [0.3, 0.4) is 0 Å². The summed E-state index contributed by atoms with van der Waals surface area (Å²) in [5, 5.41) is 2.98. The molecule has 1 amide bonds. The highest BCUT2D eigenvalue weighted by Gasteiger charge is 2.07. The second-order valence-corrected chi connectivity index (χ2v) is 6.29. The third kappa shape index (κ3) is 6.59. The maximum Gasteiger partial charge on any atom is 0.234 e. The standard InChI is InChI=1S/C21H28N2O2/c1-4-17-5-7-19(8-6-17)15-23(2)16-21(24)22-14-13-18-9-11-20(25-3)12-10-18/h5-12H,4,13-16H2,1-3H3,(H,22,24). The van der Waals surface area contributed by atoms with Gasteiger partial charge in [-0.15, -0.1) is 0 Å². The van der Waals surface area contributed by atoms with Crippen molar-refractivity contribution in [1.82, 2.24) is 10.2 Å². The Morgan fingerprint density at radius 2 is 1.60 bits per heavy atom. The summed E-state index contributed by atoms with van der Waals surface area (Å²) in [6.07, 6.45) is 1.87. The number of methoxy groups -OCH3 is 1. The molecule has 0 fully saturated rings. The second kappa shape index (κ2) is 9.84. The van der Waals surface area contributed by atoms with Crippen molar-refractivity contribution in [3.05, 3.63) is 65.2 Å². The molecule has 0 atom stereocenters. The summed E-state index contributed by atoms with van der Waals surface area (Å²) in [6.45, 7) is 3.97. The Kier molecular flexibility index (Phi) is 7.48. The minimum atomic E-state index is 0.0567. The average Bonchev–Trinajstić information content (AvgIpc) is 2.63. The fourth-order valence-corrected chi connectivity index (χ4v) is 2.69. The number of carbonyl (C=O) groups is 1. The highest BCUT2D eigenvalue weighted by molar-refractivity contribution is 5.77. The molecule has 0 bridgehead atoms. The Bertz CT molecular complexity index is 651. The van der Waals surface area contributed by atoms with Crippen LogP contribution in [0.2, 0.25) is 0 Å². The predicted molar refractivity (Wildman–Crippen MR) is 102 cm³/mol. The van der Waals surface area contributed by atoms with Gasteiger partial charge >= 0.3 is 0 Å². The van der Waals surface area contributed by atoms with Crippen LogP contribution >= 0.6 is 0 Å². The number of rotatable bonds is 9. The minimum absolute atomic E-state index is 0.0567. The fourth-order valence-electron chi connectivity index (χ4n) is 2.69. The molecule has 2 aromatic rings. The Balaban J connectivity index is 1.69. The van der Waals surface area contributed by atoms with Gasteiger partial charge in [0.05, 0.1) is 13.7 Å². The van der Waals surface area contributed by atoms with Crippen LogP contribution in [0.5, 0.6) is 5.75 Å². The van der Waals surface area contributed by atoms with Gasteiger partial charge in [0.2, 0.25) is 5.91 Å². The van der Waals surface area contributed by atoms with E-state index >= 15 is 0 Å². The van der Waals surface area contributed by atoms with Crippen molar-refractivity contribution in [2.75, 3.05) is 27.2 Å². The molecule has 0 aromatic heterocycles. The smallest absolute Gasteiger partial charge is 0.234 e. The number of likely N-dealkylation sites (N-methyl/N-ethyl adjacent to an activating group) is 1. The largest absolute Gasteiger partial charge is 0.497 e. The lowest BCUT2D eigenvalue weighted by Gasteiger charge is -2.16. The summed E-state index contributed by atoms with van der Waals surface area (Å²) in [7, 11) is 3.63. The second-order valence-electron chi connectivity index (χ2n) is 6.29. The maximum atomic E-state index is 12.1. The van der Waals surface area contributed by atoms with Crippen molar-refractivity contribution in [1.29, 1.82) is 0 Å². The normalized spacial score (nSPS) is 10.7. The Labute approximate surface area is 150 Å². The quantitative estimate of drug-likeness (QED) is 0.763. The molecular formula is C21H28N2O2. The van der Waals surface area contributed by atoms with E-state index < -0.39 is 0 Å². The van der Waals surface area contributed by atoms with Crippen molar-refractivity contribution < 1.29 is 9.53 Å². The van der Waals surface area contributed by atoms with Crippen LogP contribution in [0.15, 0.2) is 48.5 Å². The summed E-state index contributed by atoms with van der Waals surface area (Å²) in [5.74, 6) is 0.905. The Morgan fingerprint density at radius 3 is 2.20 bits per heavy atom. The molecule has 0 saturated carbocycles. The molecule has 25 heavy (non-hydrogen) atoms. The van der Waals surface area contributed by atoms with Crippen molar-refractivity contribution in [3.63, 3.8) is 0 Å². The molecule has 0 radical (unpaired) electrons. The number of aryl methyl sites for hydroxylation is 1. The van der Waals surface area contributed by atoms with E-state index in [1.807, 2.05) is 36.2 Å². The van der Waals surface area contributed by atoms with Crippen molar-refractivity contribution in [2.45, 2.75) is 26.3 Å². The van der Waals surface area contributed by atoms with E-state index in [9.17, 15) is 4.79 Å². The molecular weight excluding hydrogens is 312 g/mol. The molecule has 0 aliphatic carbocycles. The van der Waals surface area contributed by atoms with Crippen LogP contribution in [-0.4, -0.2) is 38.1 Å². The first-order valence-electron chi connectivity index (χ1n) is 8.76. The van der Waals surface area contributed by atoms with Crippen molar-refractivity contribution in [2.24, 2.45) is 0 Å². The van der Waals surface area contributed by atoms with E-state index in [2.05, 4.69) is 36.5 Å². The van der Waals surface area contributed by atoms with Crippen LogP contribution in [0.1, 0.15) is 23.6 Å². The van der Waals surface area contributed by atoms with Gasteiger partial charge in [0, 0.05) is 13.1 Å². The van der Waals surface area contributed by atoms with Gasteiger partial charge in [-0.3, -0.25) is 9.69 Å². The summed E-state index contributed by atoms with van der Waals surface area (Å²) < 4.78 is 5.14. The molecule has 2 rings (SSSR count). The van der Waals surface area contributed by atoms with E-state index in [1.54, 1.807) is 7.11 Å². The van der Waals surface area contributed by atoms with Gasteiger partial charge in [-0.1, -0.05) is 43.3 Å². The number of amides is 1. The zero-order chi connectivity index (χ0) is 18.1. The highest BCUT2D eigenvalue weighted by atomic mass is 16.5. The molecule has 2 aromatic carbocycles. The monoisotopic (exact) mass is 340 g/mol. The first-order valence-corrected chi connectivity index (χ1v) is 8.76. The molecule has 1 N–H and O–H groups in total. The molecule has 0 aliphatic heterocycles. The summed E-state index contributed by atoms with van der Waals surface area (Å²) >= 11 is 0. The number of ether oxygens (including phenoxy) is 1. The van der Waals surface area contributed by atoms with Crippen LogP contribution in [0, 0.1) is 0 Å². The Morgan fingerprint density at radius 1 is 1.00 bits per heavy atom. The molecule has 0 aliphatic rings. The predicted octanol–water partition coefficient (Wildman–Crippen LogP) is 3.05. The molecule has 134 valence electrons. The number of hydrogen-bond donors (Lipinski definition) is 1. The lowest BCUT2D eigenvalue weighted by molar-refractivity contribution is -0.122. The van der Waals surface area contributed by atoms with Crippen LogP contribution < -0.4 is 10.1 Å². The molecule has 0 unspecified atom stereocenters. The highest BCUT2D eigenvalue weighted by Crippen LogP contribution is 2.11. The zero-order valence-corrected chi connectivity index (χ0v) is 15.4. The lowest BCUT2D eigenvalue weighted by Crippen LogP contribution is -2.35. The summed E-state index contributed by atoms with van der Waals surface area (Å²) in [4.78, 5) is 14.1. The lowest BCUT2D eigenvalue weighted by atomic mass is 10.1. The SMILES string of the molecule is CCc1ccc(CN(C)CC(=O)NCCc2ccc(OC)cc2)cc1. The van der Waals surface area contributed by atoms with E-state index in [0.29, 0.717) is 13.1 Å². The molecule has 0 saturated heterocycles. The average molecular weight is 340 g/mol. The number of nitrogens with zero attached hydrogens (tertiary/aromatic N) is 1. The van der Waals surface area contributed by atoms with Crippen LogP contribution in [0.25, 0.3) is 0 Å². The van der Waals surface area contributed by atoms with E-state index in [0.717, 1.165) is 25.1 Å². The molecule has 4 heteroatoms. The number of hydrogen-bond acceptors (Lipinski definition) is 3. The molecule has 0 spiro atoms. The summed E-state index contributed by atoms with van der Waals surface area (Å²) in [6, 6.07) is 16.5. The van der Waals surface area contributed by atoms with E-state index in [-0.39, 0.29) is 5.91 Å². The Hall–Kier alpha value is -2.33. The topological polar surface area (TPSA) is 41.6 Å². The van der Waals surface area contributed by atoms with Gasteiger partial charge in [-0.25, -0.2) is 0 Å². The van der Waals surface area contributed by atoms with Crippen LogP contribution in [-0.2, 0) is 24.2 Å².